The molecule has 1 amide bonds. The van der Waals surface area contributed by atoms with Gasteiger partial charge >= 0.3 is 5.97 Å². The molecule has 1 saturated heterocycles. The van der Waals surface area contributed by atoms with E-state index in [-0.39, 0.29) is 23.8 Å². The van der Waals surface area contributed by atoms with Crippen molar-refractivity contribution in [3.8, 4) is 0 Å². The van der Waals surface area contributed by atoms with Gasteiger partial charge in [0.05, 0.1) is 25.1 Å². The minimum Gasteiger partial charge on any atom is -0.466 e. The Morgan fingerprint density at radius 2 is 2.00 bits per heavy atom. The van der Waals surface area contributed by atoms with E-state index in [1.165, 1.54) is 0 Å². The van der Waals surface area contributed by atoms with Gasteiger partial charge in [0.2, 0.25) is 5.91 Å². The quantitative estimate of drug-likeness (QED) is 0.800. The fourth-order valence-corrected chi connectivity index (χ4v) is 3.28. The first-order valence-corrected chi connectivity index (χ1v) is 8.81. The molecule has 0 aromatic heterocycles. The lowest BCUT2D eigenvalue weighted by molar-refractivity contribution is -0.149. The summed E-state index contributed by atoms with van der Waals surface area (Å²) in [6.45, 7) is 5.96. The highest BCUT2D eigenvalue weighted by Crippen LogP contribution is 2.22. The second-order valence-electron chi connectivity index (χ2n) is 6.11. The fourth-order valence-electron chi connectivity index (χ4n) is 2.98. The summed E-state index contributed by atoms with van der Waals surface area (Å²) in [5, 5.41) is 3.64. The molecular weight excluding hydrogens is 328 g/mol. The first-order valence-electron chi connectivity index (χ1n) is 8.44. The molecule has 1 aliphatic heterocycles. The molecule has 1 aliphatic rings. The maximum absolute atomic E-state index is 12.2. The Morgan fingerprint density at radius 3 is 2.62 bits per heavy atom. The Hall–Kier alpha value is -1.59. The van der Waals surface area contributed by atoms with Crippen LogP contribution in [0.4, 0.5) is 0 Å². The van der Waals surface area contributed by atoms with Gasteiger partial charge in [-0.15, -0.1) is 0 Å². The van der Waals surface area contributed by atoms with Crippen LogP contribution in [0.2, 0.25) is 5.02 Å². The van der Waals surface area contributed by atoms with Crippen LogP contribution in [0.5, 0.6) is 0 Å². The monoisotopic (exact) mass is 352 g/mol. The number of likely N-dealkylation sites (tertiary alicyclic amines) is 1. The molecule has 1 fully saturated rings. The zero-order valence-corrected chi connectivity index (χ0v) is 15.0. The molecule has 6 heteroatoms. The van der Waals surface area contributed by atoms with Crippen LogP contribution >= 0.6 is 11.6 Å². The van der Waals surface area contributed by atoms with Crippen molar-refractivity contribution in [2.75, 3.05) is 26.2 Å². The molecule has 1 aromatic rings. The smallest absolute Gasteiger partial charge is 0.309 e. The average molecular weight is 353 g/mol. The van der Waals surface area contributed by atoms with Gasteiger partial charge in [0.25, 0.3) is 0 Å². The van der Waals surface area contributed by atoms with Crippen molar-refractivity contribution in [2.24, 2.45) is 5.92 Å². The van der Waals surface area contributed by atoms with E-state index in [2.05, 4.69) is 10.2 Å². The number of hydrogen-bond acceptors (Lipinski definition) is 4. The van der Waals surface area contributed by atoms with Crippen LogP contribution in [0.3, 0.4) is 0 Å². The van der Waals surface area contributed by atoms with Crippen LogP contribution in [-0.4, -0.2) is 43.0 Å². The number of piperidine rings is 1. The van der Waals surface area contributed by atoms with Gasteiger partial charge in [0, 0.05) is 5.02 Å². The SMILES string of the molecule is CCOC(=O)C1CCN(CC(=O)NC(C)c2ccccc2Cl)CC1. The van der Waals surface area contributed by atoms with Crippen LogP contribution in [0.1, 0.15) is 38.3 Å². The molecule has 1 aromatic carbocycles. The molecule has 1 heterocycles. The Kier molecular flexibility index (Phi) is 7.06. The molecule has 0 bridgehead atoms. The number of ether oxygens (including phenoxy) is 1. The van der Waals surface area contributed by atoms with Gasteiger partial charge in [-0.1, -0.05) is 29.8 Å². The van der Waals surface area contributed by atoms with Crippen LogP contribution in [0.25, 0.3) is 0 Å². The van der Waals surface area contributed by atoms with E-state index in [0.717, 1.165) is 31.5 Å². The summed E-state index contributed by atoms with van der Waals surface area (Å²) in [6, 6.07) is 7.37. The number of halogens is 1. The maximum Gasteiger partial charge on any atom is 0.309 e. The number of esters is 1. The van der Waals surface area contributed by atoms with Gasteiger partial charge < -0.3 is 10.1 Å². The number of hydrogen-bond donors (Lipinski definition) is 1. The van der Waals surface area contributed by atoms with Crippen molar-refractivity contribution >= 4 is 23.5 Å². The normalized spacial score (nSPS) is 17.3. The highest BCUT2D eigenvalue weighted by Gasteiger charge is 2.27. The molecule has 0 saturated carbocycles. The number of rotatable bonds is 6. The van der Waals surface area contributed by atoms with Crippen LogP contribution < -0.4 is 5.32 Å². The van der Waals surface area contributed by atoms with Crippen LogP contribution in [0, 0.1) is 5.92 Å². The topological polar surface area (TPSA) is 58.6 Å². The summed E-state index contributed by atoms with van der Waals surface area (Å²) in [7, 11) is 0. The number of benzene rings is 1. The van der Waals surface area contributed by atoms with Gasteiger partial charge in [0.15, 0.2) is 0 Å². The lowest BCUT2D eigenvalue weighted by atomic mass is 9.97. The van der Waals surface area contributed by atoms with Crippen LogP contribution in [-0.2, 0) is 14.3 Å². The maximum atomic E-state index is 12.2. The molecule has 1 unspecified atom stereocenters. The summed E-state index contributed by atoms with van der Waals surface area (Å²) in [4.78, 5) is 26.0. The molecule has 1 atom stereocenters. The molecule has 132 valence electrons. The molecule has 0 spiro atoms. The van der Waals surface area contributed by atoms with Gasteiger partial charge in [-0.3, -0.25) is 14.5 Å². The average Bonchev–Trinajstić information content (AvgIpc) is 2.56. The largest absolute Gasteiger partial charge is 0.466 e. The number of carbonyl (C=O) groups is 2. The molecule has 5 nitrogen and oxygen atoms in total. The number of amides is 1. The summed E-state index contributed by atoms with van der Waals surface area (Å²) in [5.74, 6) is -0.183. The van der Waals surface area contributed by atoms with E-state index in [4.69, 9.17) is 16.3 Å². The van der Waals surface area contributed by atoms with Crippen LogP contribution in [0.15, 0.2) is 24.3 Å². The zero-order valence-electron chi connectivity index (χ0n) is 14.3. The number of nitrogens with one attached hydrogen (secondary N) is 1. The summed E-state index contributed by atoms with van der Waals surface area (Å²) < 4.78 is 5.06. The Balaban J connectivity index is 1.77. The van der Waals surface area contributed by atoms with Gasteiger partial charge in [-0.2, -0.15) is 0 Å². The lowest BCUT2D eigenvalue weighted by Gasteiger charge is -2.30. The predicted octanol–water partition coefficient (Wildman–Crippen LogP) is 2.79. The highest BCUT2D eigenvalue weighted by molar-refractivity contribution is 6.31. The van der Waals surface area contributed by atoms with Crippen molar-refractivity contribution in [3.63, 3.8) is 0 Å². The molecule has 2 rings (SSSR count). The molecule has 0 radical (unpaired) electrons. The standard InChI is InChI=1S/C18H25ClN2O3/c1-3-24-18(23)14-8-10-21(11-9-14)12-17(22)20-13(2)15-6-4-5-7-16(15)19/h4-7,13-14H,3,8-12H2,1-2H3,(H,20,22). The minimum absolute atomic E-state index is 0.0306. The van der Waals surface area contributed by atoms with E-state index in [9.17, 15) is 9.59 Å². The van der Waals surface area contributed by atoms with E-state index >= 15 is 0 Å². The minimum atomic E-state index is -0.136. The first kappa shape index (κ1) is 18.7. The third kappa shape index (κ3) is 5.21. The Morgan fingerprint density at radius 1 is 1.33 bits per heavy atom. The fraction of sp³-hybridized carbons (Fsp3) is 0.556. The lowest BCUT2D eigenvalue weighted by Crippen LogP contribution is -2.43. The second kappa shape index (κ2) is 9.04. The number of nitrogens with zero attached hydrogens (tertiary/aromatic N) is 1. The van der Waals surface area contributed by atoms with Gasteiger partial charge in [-0.05, 0) is 51.4 Å². The van der Waals surface area contributed by atoms with Crippen molar-refractivity contribution in [3.05, 3.63) is 34.9 Å². The Bertz CT molecular complexity index is 571. The Labute approximate surface area is 148 Å². The molecule has 24 heavy (non-hydrogen) atoms. The van der Waals surface area contributed by atoms with E-state index in [1.54, 1.807) is 0 Å². The van der Waals surface area contributed by atoms with E-state index < -0.39 is 0 Å². The van der Waals surface area contributed by atoms with Crippen molar-refractivity contribution in [1.82, 2.24) is 10.2 Å². The predicted molar refractivity (Wildman–Crippen MR) is 93.8 cm³/mol. The molecule has 1 N–H and O–H groups in total. The molecule has 0 aliphatic carbocycles. The summed E-state index contributed by atoms with van der Waals surface area (Å²) in [6.07, 6.45) is 1.48. The number of carbonyl (C=O) groups excluding carboxylic acids is 2. The van der Waals surface area contributed by atoms with Gasteiger partial charge in [0.1, 0.15) is 0 Å². The second-order valence-corrected chi connectivity index (χ2v) is 6.52. The third-order valence-corrected chi connectivity index (χ3v) is 4.67. The molecular formula is C18H25ClN2O3. The van der Waals surface area contributed by atoms with E-state index in [0.29, 0.717) is 18.2 Å². The third-order valence-electron chi connectivity index (χ3n) is 4.32. The first-order chi connectivity index (χ1) is 11.5. The summed E-state index contributed by atoms with van der Waals surface area (Å²) in [5.41, 5.74) is 0.911. The van der Waals surface area contributed by atoms with E-state index in [1.807, 2.05) is 38.1 Å². The van der Waals surface area contributed by atoms with Gasteiger partial charge in [-0.25, -0.2) is 0 Å². The highest BCUT2D eigenvalue weighted by atomic mass is 35.5. The summed E-state index contributed by atoms with van der Waals surface area (Å²) >= 11 is 6.16. The van der Waals surface area contributed by atoms with Crippen molar-refractivity contribution < 1.29 is 14.3 Å². The van der Waals surface area contributed by atoms with Crippen molar-refractivity contribution in [1.29, 1.82) is 0 Å². The zero-order chi connectivity index (χ0) is 17.5. The van der Waals surface area contributed by atoms with Crippen molar-refractivity contribution in [2.45, 2.75) is 32.7 Å².